The molecule has 3 unspecified atom stereocenters. The molecule has 5 rings (SSSR count). The SMILES string of the molecule is CCC(c1nnnn1C(C)c1cccs1)N1CCN(C2Sc3c(F)cc(N)cc3N2N)CC1. The molecule has 0 saturated carbocycles. The highest BCUT2D eigenvalue weighted by molar-refractivity contribution is 8.00. The molecule has 0 amide bonds. The molecule has 2 aliphatic heterocycles. The smallest absolute Gasteiger partial charge is 0.169 e. The topological polar surface area (TPSA) is 105 Å². The molecule has 1 fully saturated rings. The minimum Gasteiger partial charge on any atom is -0.399 e. The van der Waals surface area contributed by atoms with E-state index in [0.717, 1.165) is 38.4 Å². The van der Waals surface area contributed by atoms with E-state index in [1.165, 1.54) is 22.7 Å². The molecule has 9 nitrogen and oxygen atoms in total. The fourth-order valence-electron chi connectivity index (χ4n) is 4.66. The summed E-state index contributed by atoms with van der Waals surface area (Å²) >= 11 is 3.16. The lowest BCUT2D eigenvalue weighted by molar-refractivity contribution is 0.0816. The van der Waals surface area contributed by atoms with E-state index >= 15 is 0 Å². The molecular weight excluding hydrogens is 461 g/mol. The van der Waals surface area contributed by atoms with E-state index in [1.54, 1.807) is 22.4 Å². The van der Waals surface area contributed by atoms with Crippen molar-refractivity contribution in [2.45, 2.75) is 42.7 Å². The average molecular weight is 490 g/mol. The quantitative estimate of drug-likeness (QED) is 0.399. The van der Waals surface area contributed by atoms with Gasteiger partial charge in [0.25, 0.3) is 0 Å². The van der Waals surface area contributed by atoms with E-state index in [4.69, 9.17) is 11.6 Å². The van der Waals surface area contributed by atoms with Crippen molar-refractivity contribution < 1.29 is 4.39 Å². The van der Waals surface area contributed by atoms with Crippen molar-refractivity contribution in [3.8, 4) is 0 Å². The van der Waals surface area contributed by atoms with Crippen LogP contribution in [0.1, 0.15) is 43.1 Å². The van der Waals surface area contributed by atoms with Crippen molar-refractivity contribution >= 4 is 34.5 Å². The number of fused-ring (bicyclic) bond motifs is 1. The second kappa shape index (κ2) is 9.18. The maximum absolute atomic E-state index is 14.4. The summed E-state index contributed by atoms with van der Waals surface area (Å²) in [5.74, 6) is 6.94. The van der Waals surface area contributed by atoms with Gasteiger partial charge in [-0.1, -0.05) is 24.8 Å². The lowest BCUT2D eigenvalue weighted by atomic mass is 10.1. The number of nitrogens with zero attached hydrogens (tertiary/aromatic N) is 7. The second-order valence-electron chi connectivity index (χ2n) is 8.37. The van der Waals surface area contributed by atoms with Gasteiger partial charge in [-0.05, 0) is 47.4 Å². The standard InChI is InChI=1S/C21H28FN9S2/c1-3-16(20-25-26-27-31(20)13(2)18-5-4-10-32-18)28-6-8-29(9-7-28)21-30(24)17-12-14(23)11-15(22)19(17)33-21/h4-5,10-13,16,21H,3,6-9,23-24H2,1-2H3. The molecule has 3 aromatic rings. The van der Waals surface area contributed by atoms with Crippen molar-refractivity contribution in [1.82, 2.24) is 30.0 Å². The second-order valence-corrected chi connectivity index (χ2v) is 10.4. The highest BCUT2D eigenvalue weighted by Crippen LogP contribution is 2.45. The molecule has 3 atom stereocenters. The normalized spacial score (nSPS) is 21.3. The van der Waals surface area contributed by atoms with Gasteiger partial charge in [0, 0.05) is 36.7 Å². The van der Waals surface area contributed by atoms with Crippen LogP contribution >= 0.6 is 23.1 Å². The Morgan fingerprint density at radius 3 is 2.73 bits per heavy atom. The van der Waals surface area contributed by atoms with Gasteiger partial charge in [-0.2, -0.15) is 0 Å². The summed E-state index contributed by atoms with van der Waals surface area (Å²) in [6.45, 7) is 7.64. The van der Waals surface area contributed by atoms with Gasteiger partial charge < -0.3 is 5.73 Å². The van der Waals surface area contributed by atoms with Gasteiger partial charge in [-0.15, -0.1) is 16.4 Å². The Kier molecular flexibility index (Phi) is 6.27. The van der Waals surface area contributed by atoms with E-state index in [-0.39, 0.29) is 23.4 Å². The lowest BCUT2D eigenvalue weighted by Crippen LogP contribution is -2.56. The molecule has 0 bridgehead atoms. The Bertz CT molecular complexity index is 1100. The van der Waals surface area contributed by atoms with Gasteiger partial charge >= 0.3 is 0 Å². The zero-order valence-electron chi connectivity index (χ0n) is 18.6. The van der Waals surface area contributed by atoms with Crippen molar-refractivity contribution in [2.24, 2.45) is 5.84 Å². The third-order valence-corrected chi connectivity index (χ3v) is 8.83. The number of thioether (sulfide) groups is 1. The van der Waals surface area contributed by atoms with Gasteiger partial charge in [-0.25, -0.2) is 14.9 Å². The number of benzene rings is 1. The van der Waals surface area contributed by atoms with Crippen LogP contribution < -0.4 is 16.6 Å². The summed E-state index contributed by atoms with van der Waals surface area (Å²) < 4.78 is 16.4. The van der Waals surface area contributed by atoms with Crippen LogP contribution in [0.5, 0.6) is 0 Å². The van der Waals surface area contributed by atoms with Crippen LogP contribution in [0.2, 0.25) is 0 Å². The summed E-state index contributed by atoms with van der Waals surface area (Å²) in [7, 11) is 0. The number of nitrogens with two attached hydrogens (primary N) is 2. The van der Waals surface area contributed by atoms with Crippen LogP contribution in [0, 0.1) is 5.82 Å². The Balaban J connectivity index is 1.28. The van der Waals surface area contributed by atoms with Gasteiger partial charge in [0.1, 0.15) is 11.3 Å². The van der Waals surface area contributed by atoms with Gasteiger partial charge in [0.15, 0.2) is 5.82 Å². The fraction of sp³-hybridized carbons (Fsp3) is 0.476. The van der Waals surface area contributed by atoms with Crippen LogP contribution in [0.15, 0.2) is 34.5 Å². The number of thiophene rings is 1. The van der Waals surface area contributed by atoms with Gasteiger partial charge in [-0.3, -0.25) is 14.8 Å². The maximum atomic E-state index is 14.4. The third kappa shape index (κ3) is 4.10. The number of tetrazole rings is 1. The Labute approximate surface area is 200 Å². The molecule has 0 aliphatic carbocycles. The Hall–Kier alpha value is -2.25. The molecule has 0 radical (unpaired) electrons. The monoisotopic (exact) mass is 489 g/mol. The van der Waals surface area contributed by atoms with Crippen LogP contribution in [0.4, 0.5) is 15.8 Å². The van der Waals surface area contributed by atoms with Crippen LogP contribution in [0.3, 0.4) is 0 Å². The molecule has 33 heavy (non-hydrogen) atoms. The van der Waals surface area contributed by atoms with E-state index in [0.29, 0.717) is 16.3 Å². The number of rotatable bonds is 6. The highest BCUT2D eigenvalue weighted by Gasteiger charge is 2.38. The van der Waals surface area contributed by atoms with E-state index in [9.17, 15) is 4.39 Å². The maximum Gasteiger partial charge on any atom is 0.169 e. The zero-order chi connectivity index (χ0) is 23.1. The number of piperazine rings is 1. The molecule has 4 N–H and O–H groups in total. The van der Waals surface area contributed by atoms with Crippen molar-refractivity contribution in [2.75, 3.05) is 36.9 Å². The summed E-state index contributed by atoms with van der Waals surface area (Å²) in [5, 5.41) is 16.4. The number of hydrazine groups is 1. The number of anilines is 2. The summed E-state index contributed by atoms with van der Waals surface area (Å²) in [5.41, 5.74) is 6.71. The molecule has 0 spiro atoms. The summed E-state index contributed by atoms with van der Waals surface area (Å²) in [4.78, 5) is 6.52. The average Bonchev–Trinajstić information content (AvgIpc) is 3.56. The number of hydrogen-bond donors (Lipinski definition) is 2. The van der Waals surface area contributed by atoms with Crippen LogP contribution in [0.25, 0.3) is 0 Å². The lowest BCUT2D eigenvalue weighted by Gasteiger charge is -2.42. The summed E-state index contributed by atoms with van der Waals surface area (Å²) in [6.07, 6.45) is 0.911. The predicted molar refractivity (Wildman–Crippen MR) is 129 cm³/mol. The first-order valence-corrected chi connectivity index (χ1v) is 12.8. The van der Waals surface area contributed by atoms with Crippen LogP contribution in [-0.4, -0.2) is 61.7 Å². The van der Waals surface area contributed by atoms with Crippen LogP contribution in [-0.2, 0) is 0 Å². The van der Waals surface area contributed by atoms with Crippen molar-refractivity contribution in [3.05, 3.63) is 46.2 Å². The first kappa shape index (κ1) is 22.5. The van der Waals surface area contributed by atoms with Gasteiger partial charge in [0.05, 0.1) is 22.7 Å². The fourth-order valence-corrected chi connectivity index (χ4v) is 6.68. The summed E-state index contributed by atoms with van der Waals surface area (Å²) in [6, 6.07) is 7.48. The minimum absolute atomic E-state index is 0.0897. The van der Waals surface area contributed by atoms with Crippen molar-refractivity contribution in [3.63, 3.8) is 0 Å². The zero-order valence-corrected chi connectivity index (χ0v) is 20.3. The number of nitrogen functional groups attached to an aromatic ring is 1. The minimum atomic E-state index is -0.315. The Morgan fingerprint density at radius 2 is 2.03 bits per heavy atom. The molecule has 2 aliphatic rings. The van der Waals surface area contributed by atoms with E-state index < -0.39 is 0 Å². The molecule has 1 saturated heterocycles. The van der Waals surface area contributed by atoms with E-state index in [2.05, 4.69) is 56.7 Å². The van der Waals surface area contributed by atoms with Crippen molar-refractivity contribution in [1.29, 1.82) is 0 Å². The Morgan fingerprint density at radius 1 is 1.24 bits per heavy atom. The van der Waals surface area contributed by atoms with Gasteiger partial charge in [0.2, 0.25) is 0 Å². The predicted octanol–water partition coefficient (Wildman–Crippen LogP) is 2.90. The first-order chi connectivity index (χ1) is 16.0. The molecule has 12 heteroatoms. The number of aromatic nitrogens is 4. The molecule has 4 heterocycles. The first-order valence-electron chi connectivity index (χ1n) is 11.1. The number of hydrogen-bond acceptors (Lipinski definition) is 10. The van der Waals surface area contributed by atoms with E-state index in [1.807, 2.05) is 4.68 Å². The third-order valence-electron chi connectivity index (χ3n) is 6.41. The molecule has 2 aromatic heterocycles. The number of halogens is 1. The molecule has 176 valence electrons. The molecular formula is C21H28FN9S2. The molecule has 1 aromatic carbocycles. The largest absolute Gasteiger partial charge is 0.399 e. The highest BCUT2D eigenvalue weighted by atomic mass is 32.2.